The molecule has 0 fully saturated rings. The first-order chi connectivity index (χ1) is 17.3. The van der Waals surface area contributed by atoms with E-state index in [2.05, 4.69) is 65.6 Å². The number of H-pyrrole nitrogens is 1. The molecule has 4 N–H and O–H groups in total. The van der Waals surface area contributed by atoms with Crippen molar-refractivity contribution in [1.82, 2.24) is 29.7 Å². The van der Waals surface area contributed by atoms with Crippen LogP contribution in [0.2, 0.25) is 0 Å². The molecule has 4 aromatic rings. The van der Waals surface area contributed by atoms with Crippen LogP contribution in [0.25, 0.3) is 28.2 Å². The highest BCUT2D eigenvalue weighted by Crippen LogP contribution is 2.32. The van der Waals surface area contributed by atoms with E-state index < -0.39 is 0 Å². The third kappa shape index (κ3) is 5.32. The number of benzene rings is 1. The number of rotatable bonds is 10. The summed E-state index contributed by atoms with van der Waals surface area (Å²) in [4.78, 5) is 27.7. The van der Waals surface area contributed by atoms with E-state index in [0.717, 1.165) is 59.6 Å². The number of aromatic amines is 1. The molecule has 0 aliphatic carbocycles. The first-order valence-corrected chi connectivity index (χ1v) is 13.2. The van der Waals surface area contributed by atoms with Crippen LogP contribution in [0.4, 0.5) is 5.69 Å². The number of aromatic nitrogens is 4. The van der Waals surface area contributed by atoms with Gasteiger partial charge in [0.15, 0.2) is 5.65 Å². The number of carbonyl (C=O) groups excluding carboxylic acids is 1. The van der Waals surface area contributed by atoms with Crippen molar-refractivity contribution in [2.45, 2.75) is 40.5 Å². The third-order valence-electron chi connectivity index (χ3n) is 6.36. The summed E-state index contributed by atoms with van der Waals surface area (Å²) in [6, 6.07) is 9.81. The van der Waals surface area contributed by atoms with Crippen molar-refractivity contribution in [3.8, 4) is 17.1 Å². The van der Waals surface area contributed by atoms with E-state index in [0.29, 0.717) is 34.8 Å². The average Bonchev–Trinajstić information content (AvgIpc) is 3.42. The maximum atomic E-state index is 12.9. The normalized spacial score (nSPS) is 11.5. The lowest BCUT2D eigenvalue weighted by molar-refractivity contribution is 0.0948. The predicted molar refractivity (Wildman–Crippen MR) is 150 cm³/mol. The maximum Gasteiger partial charge on any atom is 0.251 e. The van der Waals surface area contributed by atoms with E-state index in [1.165, 1.54) is 0 Å². The molecule has 190 valence electrons. The van der Waals surface area contributed by atoms with Gasteiger partial charge in [0.05, 0.1) is 10.2 Å². The minimum absolute atomic E-state index is 0.0584. The monoisotopic (exact) mass is 551 g/mol. The number of aryl methyl sites for hydroxylation is 1. The molecule has 3 heterocycles. The largest absolute Gasteiger partial charge is 0.396 e. The van der Waals surface area contributed by atoms with Crippen LogP contribution in [0.15, 0.2) is 41.0 Å². The van der Waals surface area contributed by atoms with Crippen molar-refractivity contribution >= 4 is 38.7 Å². The van der Waals surface area contributed by atoms with Crippen LogP contribution in [0.3, 0.4) is 0 Å². The van der Waals surface area contributed by atoms with Crippen LogP contribution >= 0.6 is 15.9 Å². The molecule has 0 unspecified atom stereocenters. The van der Waals surface area contributed by atoms with Crippen LogP contribution in [0, 0.1) is 13.8 Å². The van der Waals surface area contributed by atoms with Gasteiger partial charge in [0.1, 0.15) is 11.3 Å². The Hall–Kier alpha value is -3.17. The molecule has 0 aliphatic rings. The average molecular weight is 553 g/mol. The van der Waals surface area contributed by atoms with Crippen molar-refractivity contribution in [2.24, 2.45) is 0 Å². The predicted octanol–water partition coefficient (Wildman–Crippen LogP) is 5.23. The van der Waals surface area contributed by atoms with Gasteiger partial charge in [-0.3, -0.25) is 4.79 Å². The Balaban J connectivity index is 1.56. The molecule has 0 saturated heterocycles. The van der Waals surface area contributed by atoms with Gasteiger partial charge >= 0.3 is 0 Å². The number of nitrogens with two attached hydrogens (primary N) is 1. The summed E-state index contributed by atoms with van der Waals surface area (Å²) < 4.78 is 2.87. The standard InChI is InChI=1S/C27H34BrN7O/c1-5-11-34(12-6-2)13-10-30-27(36)19-8-7-9-20(15-19)35-17(3)14-21(18(35)4)25-32-24-23(29)22(28)16-31-26(24)33-25/h7-9,14-16H,5-6,10-13H2,1-4H3,(H,30,36)(H3,29,31,32,33). The molecule has 0 radical (unpaired) electrons. The second-order valence-corrected chi connectivity index (χ2v) is 9.93. The van der Waals surface area contributed by atoms with Crippen molar-refractivity contribution in [2.75, 3.05) is 31.9 Å². The summed E-state index contributed by atoms with van der Waals surface area (Å²) in [5, 5.41) is 3.08. The molecule has 0 saturated carbocycles. The zero-order chi connectivity index (χ0) is 25.8. The first kappa shape index (κ1) is 25.9. The van der Waals surface area contributed by atoms with E-state index >= 15 is 0 Å². The fraction of sp³-hybridized carbons (Fsp3) is 0.370. The van der Waals surface area contributed by atoms with E-state index in [1.54, 1.807) is 6.20 Å². The Morgan fingerprint density at radius 3 is 2.64 bits per heavy atom. The van der Waals surface area contributed by atoms with Gasteiger partial charge < -0.3 is 25.5 Å². The topological polar surface area (TPSA) is 105 Å². The van der Waals surface area contributed by atoms with E-state index in [1.807, 2.05) is 38.1 Å². The number of nitrogen functional groups attached to an aromatic ring is 1. The van der Waals surface area contributed by atoms with Crippen molar-refractivity contribution in [3.05, 3.63) is 58.0 Å². The minimum atomic E-state index is -0.0584. The fourth-order valence-electron chi connectivity index (χ4n) is 4.66. The van der Waals surface area contributed by atoms with Gasteiger partial charge in [0, 0.05) is 47.5 Å². The number of pyridine rings is 1. The molecule has 9 heteroatoms. The molecule has 36 heavy (non-hydrogen) atoms. The number of hydrogen-bond donors (Lipinski definition) is 3. The Morgan fingerprint density at radius 1 is 1.17 bits per heavy atom. The molecule has 0 aliphatic heterocycles. The smallest absolute Gasteiger partial charge is 0.251 e. The summed E-state index contributed by atoms with van der Waals surface area (Å²) in [6.45, 7) is 12.1. The van der Waals surface area contributed by atoms with Crippen molar-refractivity contribution in [1.29, 1.82) is 0 Å². The highest BCUT2D eigenvalue weighted by Gasteiger charge is 2.18. The lowest BCUT2D eigenvalue weighted by Gasteiger charge is -2.21. The van der Waals surface area contributed by atoms with Crippen molar-refractivity contribution < 1.29 is 4.79 Å². The molecule has 0 spiro atoms. The van der Waals surface area contributed by atoms with Crippen LogP contribution in [-0.2, 0) is 0 Å². The lowest BCUT2D eigenvalue weighted by atomic mass is 10.1. The number of halogens is 1. The second kappa shape index (κ2) is 11.3. The number of amides is 1. The van der Waals surface area contributed by atoms with Crippen LogP contribution in [0.5, 0.6) is 0 Å². The summed E-state index contributed by atoms with van der Waals surface area (Å²) >= 11 is 3.42. The number of nitrogens with zero attached hydrogens (tertiary/aromatic N) is 4. The van der Waals surface area contributed by atoms with Crippen LogP contribution in [0.1, 0.15) is 48.4 Å². The van der Waals surface area contributed by atoms with E-state index in [-0.39, 0.29) is 5.91 Å². The molecule has 1 amide bonds. The highest BCUT2D eigenvalue weighted by molar-refractivity contribution is 9.10. The molecule has 1 aromatic carbocycles. The zero-order valence-corrected chi connectivity index (χ0v) is 22.9. The Morgan fingerprint density at radius 2 is 1.92 bits per heavy atom. The third-order valence-corrected chi connectivity index (χ3v) is 6.99. The van der Waals surface area contributed by atoms with Gasteiger partial charge in [-0.2, -0.15) is 0 Å². The number of carbonyl (C=O) groups is 1. The molecule has 0 atom stereocenters. The van der Waals surface area contributed by atoms with Crippen LogP contribution < -0.4 is 11.1 Å². The molecular formula is C27H34BrN7O. The Kier molecular flexibility index (Phi) is 8.11. The number of fused-ring (bicyclic) bond motifs is 1. The molecular weight excluding hydrogens is 518 g/mol. The fourth-order valence-corrected chi connectivity index (χ4v) is 4.96. The summed E-state index contributed by atoms with van der Waals surface area (Å²) in [5.41, 5.74) is 12.6. The molecule has 0 bridgehead atoms. The van der Waals surface area contributed by atoms with Gasteiger partial charge in [-0.15, -0.1) is 0 Å². The number of hydrogen-bond acceptors (Lipinski definition) is 5. The second-order valence-electron chi connectivity index (χ2n) is 9.07. The van der Waals surface area contributed by atoms with Gasteiger partial charge in [0.25, 0.3) is 5.91 Å². The SMILES string of the molecule is CCCN(CCC)CCNC(=O)c1cccc(-n2c(C)cc(-c3nc4ncc(Br)c(N)c4[nH]3)c2C)c1. The zero-order valence-electron chi connectivity index (χ0n) is 21.4. The summed E-state index contributed by atoms with van der Waals surface area (Å²) in [5.74, 6) is 0.649. The van der Waals surface area contributed by atoms with Gasteiger partial charge in [-0.1, -0.05) is 19.9 Å². The molecule has 8 nitrogen and oxygen atoms in total. The summed E-state index contributed by atoms with van der Waals surface area (Å²) in [6.07, 6.45) is 3.89. The number of anilines is 1. The quantitative estimate of drug-likeness (QED) is 0.250. The van der Waals surface area contributed by atoms with Gasteiger partial charge in [-0.25, -0.2) is 9.97 Å². The first-order valence-electron chi connectivity index (χ1n) is 12.4. The Labute approximate surface area is 220 Å². The highest BCUT2D eigenvalue weighted by atomic mass is 79.9. The van der Waals surface area contributed by atoms with Crippen molar-refractivity contribution in [3.63, 3.8) is 0 Å². The van der Waals surface area contributed by atoms with E-state index in [9.17, 15) is 4.79 Å². The molecule has 3 aromatic heterocycles. The van der Waals surface area contributed by atoms with Gasteiger partial charge in [-0.05, 0) is 80.0 Å². The minimum Gasteiger partial charge on any atom is -0.396 e. The molecule has 4 rings (SSSR count). The van der Waals surface area contributed by atoms with E-state index in [4.69, 9.17) is 5.73 Å². The number of nitrogens with one attached hydrogen (secondary N) is 2. The lowest BCUT2D eigenvalue weighted by Crippen LogP contribution is -2.35. The number of imidazole rings is 1. The van der Waals surface area contributed by atoms with Crippen LogP contribution in [-0.4, -0.2) is 56.5 Å². The summed E-state index contributed by atoms with van der Waals surface area (Å²) in [7, 11) is 0. The van der Waals surface area contributed by atoms with Gasteiger partial charge in [0.2, 0.25) is 0 Å². The maximum absolute atomic E-state index is 12.9. The Bertz CT molecular complexity index is 1370.